The molecule has 1 unspecified atom stereocenters. The number of para-hydroxylation sites is 1. The van der Waals surface area contributed by atoms with Gasteiger partial charge < -0.3 is 4.90 Å². The number of rotatable bonds is 1. The fourth-order valence-corrected chi connectivity index (χ4v) is 2.65. The zero-order chi connectivity index (χ0) is 12.8. The van der Waals surface area contributed by atoms with E-state index < -0.39 is 24.9 Å². The minimum Gasteiger partial charge on any atom is -0.310 e. The second-order valence-electron chi connectivity index (χ2n) is 4.86. The Bertz CT molecular complexity index is 495. The maximum Gasteiger partial charge on any atom is 0.262 e. The molecule has 1 amide bonds. The molecule has 0 radical (unpaired) electrons. The Morgan fingerprint density at radius 2 is 2.11 bits per heavy atom. The summed E-state index contributed by atoms with van der Waals surface area (Å²) in [6.07, 6.45) is 0.398. The average molecular weight is 289 g/mol. The van der Waals surface area contributed by atoms with Crippen molar-refractivity contribution in [2.75, 3.05) is 18.0 Å². The zero-order valence-electron chi connectivity index (χ0n) is 10.2. The minimum atomic E-state index is -2.76. The van der Waals surface area contributed by atoms with Crippen LogP contribution >= 0.6 is 12.4 Å². The summed E-state index contributed by atoms with van der Waals surface area (Å²) in [7, 11) is 0. The van der Waals surface area contributed by atoms with E-state index in [-0.39, 0.29) is 18.3 Å². The molecule has 0 aromatic heterocycles. The molecule has 2 heterocycles. The number of anilines is 1. The first-order valence-corrected chi connectivity index (χ1v) is 6.07. The van der Waals surface area contributed by atoms with Gasteiger partial charge in [-0.1, -0.05) is 18.2 Å². The van der Waals surface area contributed by atoms with Crippen LogP contribution in [0.15, 0.2) is 24.3 Å². The number of alkyl halides is 2. The summed E-state index contributed by atoms with van der Waals surface area (Å²) < 4.78 is 26.2. The van der Waals surface area contributed by atoms with Crippen LogP contribution in [0.25, 0.3) is 0 Å². The van der Waals surface area contributed by atoms with Crippen LogP contribution in [0.5, 0.6) is 0 Å². The molecule has 0 spiro atoms. The van der Waals surface area contributed by atoms with Crippen molar-refractivity contribution in [3.63, 3.8) is 0 Å². The maximum absolute atomic E-state index is 13.1. The molecule has 3 rings (SSSR count). The minimum absolute atomic E-state index is 0. The molecular weight excluding hydrogens is 274 g/mol. The van der Waals surface area contributed by atoms with E-state index in [0.29, 0.717) is 6.54 Å². The summed E-state index contributed by atoms with van der Waals surface area (Å²) in [5.74, 6) is -3.00. The van der Waals surface area contributed by atoms with Crippen LogP contribution < -0.4 is 10.2 Å². The zero-order valence-corrected chi connectivity index (χ0v) is 11.1. The first kappa shape index (κ1) is 14.2. The van der Waals surface area contributed by atoms with Gasteiger partial charge in [0.2, 0.25) is 5.91 Å². The van der Waals surface area contributed by atoms with Gasteiger partial charge >= 0.3 is 0 Å². The van der Waals surface area contributed by atoms with Crippen molar-refractivity contribution >= 4 is 24.0 Å². The van der Waals surface area contributed by atoms with Gasteiger partial charge in [0.05, 0.1) is 12.6 Å². The van der Waals surface area contributed by atoms with Crippen LogP contribution in [-0.2, 0) is 11.2 Å². The van der Waals surface area contributed by atoms with E-state index >= 15 is 0 Å². The number of carbonyl (C=O) groups is 1. The summed E-state index contributed by atoms with van der Waals surface area (Å²) >= 11 is 0. The molecule has 2 aliphatic heterocycles. The van der Waals surface area contributed by atoms with Gasteiger partial charge in [0.15, 0.2) is 0 Å². The predicted octanol–water partition coefficient (Wildman–Crippen LogP) is 1.99. The Kier molecular flexibility index (Phi) is 3.78. The highest BCUT2D eigenvalue weighted by molar-refractivity contribution is 5.99. The molecule has 3 nitrogen and oxygen atoms in total. The lowest BCUT2D eigenvalue weighted by Crippen LogP contribution is -2.42. The van der Waals surface area contributed by atoms with Gasteiger partial charge in [0.25, 0.3) is 5.92 Å². The summed E-state index contributed by atoms with van der Waals surface area (Å²) in [5.41, 5.74) is 1.97. The van der Waals surface area contributed by atoms with Gasteiger partial charge in [-0.2, -0.15) is 0 Å². The lowest BCUT2D eigenvalue weighted by atomic mass is 10.1. The molecular formula is C13H15ClF2N2O. The van der Waals surface area contributed by atoms with Crippen LogP contribution in [-0.4, -0.2) is 31.0 Å². The first-order chi connectivity index (χ1) is 8.57. The molecule has 6 heteroatoms. The molecule has 0 bridgehead atoms. The Morgan fingerprint density at radius 1 is 1.37 bits per heavy atom. The molecule has 19 heavy (non-hydrogen) atoms. The van der Waals surface area contributed by atoms with E-state index in [9.17, 15) is 13.6 Å². The number of hydrogen-bond donors (Lipinski definition) is 1. The Morgan fingerprint density at radius 3 is 2.79 bits per heavy atom. The van der Waals surface area contributed by atoms with Gasteiger partial charge in [-0.15, -0.1) is 12.4 Å². The van der Waals surface area contributed by atoms with E-state index in [1.54, 1.807) is 4.90 Å². The van der Waals surface area contributed by atoms with Gasteiger partial charge in [-0.3, -0.25) is 10.1 Å². The van der Waals surface area contributed by atoms with Gasteiger partial charge in [0, 0.05) is 18.7 Å². The molecule has 1 saturated heterocycles. The Balaban J connectivity index is 0.00000133. The van der Waals surface area contributed by atoms with Crippen LogP contribution in [0.2, 0.25) is 0 Å². The largest absolute Gasteiger partial charge is 0.310 e. The molecule has 2 aliphatic rings. The molecule has 1 fully saturated rings. The number of carbonyl (C=O) groups excluding carboxylic acids is 1. The summed E-state index contributed by atoms with van der Waals surface area (Å²) in [6.45, 7) is 0.181. The average Bonchev–Trinajstić information content (AvgIpc) is 2.91. The van der Waals surface area contributed by atoms with Crippen molar-refractivity contribution in [3.05, 3.63) is 29.8 Å². The van der Waals surface area contributed by atoms with Crippen LogP contribution in [0.4, 0.5) is 14.5 Å². The second-order valence-corrected chi connectivity index (χ2v) is 4.86. The first-order valence-electron chi connectivity index (χ1n) is 6.07. The van der Waals surface area contributed by atoms with Crippen molar-refractivity contribution in [1.29, 1.82) is 0 Å². The number of amides is 1. The third-order valence-corrected chi connectivity index (χ3v) is 3.56. The molecule has 0 saturated carbocycles. The quantitative estimate of drug-likeness (QED) is 0.857. The third-order valence-electron chi connectivity index (χ3n) is 3.56. The van der Waals surface area contributed by atoms with Gasteiger partial charge in [0.1, 0.15) is 0 Å². The number of benzene rings is 1. The van der Waals surface area contributed by atoms with Crippen LogP contribution in [0.3, 0.4) is 0 Å². The lowest BCUT2D eigenvalue weighted by Gasteiger charge is -2.21. The molecule has 104 valence electrons. The molecule has 1 N–H and O–H groups in total. The van der Waals surface area contributed by atoms with Crippen molar-refractivity contribution in [2.45, 2.75) is 24.8 Å². The number of fused-ring (bicyclic) bond motifs is 1. The Hall–Kier alpha value is -1.20. The summed E-state index contributed by atoms with van der Waals surface area (Å²) in [6, 6.07) is 6.87. The lowest BCUT2D eigenvalue weighted by molar-refractivity contribution is -0.120. The fraction of sp³-hybridized carbons (Fsp3) is 0.462. The summed E-state index contributed by atoms with van der Waals surface area (Å²) in [5, 5.41) is 2.61. The number of nitrogens with zero attached hydrogens (tertiary/aromatic N) is 1. The van der Waals surface area contributed by atoms with E-state index in [2.05, 4.69) is 5.32 Å². The van der Waals surface area contributed by atoms with Gasteiger partial charge in [-0.25, -0.2) is 8.78 Å². The third kappa shape index (κ3) is 2.58. The SMILES string of the molecule is Cl.O=C(C1CC(F)(F)CN1)N1CCc2ccccc21. The van der Waals surface area contributed by atoms with Crippen molar-refractivity contribution in [2.24, 2.45) is 0 Å². The number of hydrogen-bond acceptors (Lipinski definition) is 2. The highest BCUT2D eigenvalue weighted by Gasteiger charge is 2.44. The standard InChI is InChI=1S/C13H14F2N2O.ClH/c14-13(15)7-10(16-8-13)12(18)17-6-5-9-3-1-2-4-11(9)17;/h1-4,10,16H,5-8H2;1H. The highest BCUT2D eigenvalue weighted by Crippen LogP contribution is 2.31. The molecule has 1 aromatic rings. The highest BCUT2D eigenvalue weighted by atomic mass is 35.5. The predicted molar refractivity (Wildman–Crippen MR) is 71.1 cm³/mol. The second kappa shape index (κ2) is 5.06. The van der Waals surface area contributed by atoms with E-state index in [1.165, 1.54) is 0 Å². The normalized spacial score (nSPS) is 23.9. The van der Waals surface area contributed by atoms with Crippen molar-refractivity contribution in [1.82, 2.24) is 5.32 Å². The van der Waals surface area contributed by atoms with E-state index in [4.69, 9.17) is 0 Å². The summed E-state index contributed by atoms with van der Waals surface area (Å²) in [4.78, 5) is 13.8. The number of halogens is 3. The maximum atomic E-state index is 13.1. The fourth-order valence-electron chi connectivity index (χ4n) is 2.65. The molecule has 1 aromatic carbocycles. The van der Waals surface area contributed by atoms with Crippen molar-refractivity contribution in [3.8, 4) is 0 Å². The Labute approximate surface area is 116 Å². The molecule has 0 aliphatic carbocycles. The van der Waals surface area contributed by atoms with Gasteiger partial charge in [-0.05, 0) is 18.1 Å². The smallest absolute Gasteiger partial charge is 0.262 e. The van der Waals surface area contributed by atoms with Crippen molar-refractivity contribution < 1.29 is 13.6 Å². The van der Waals surface area contributed by atoms with Crippen LogP contribution in [0.1, 0.15) is 12.0 Å². The molecule has 1 atom stereocenters. The van der Waals surface area contributed by atoms with Crippen LogP contribution in [0, 0.1) is 0 Å². The van der Waals surface area contributed by atoms with E-state index in [0.717, 1.165) is 17.7 Å². The number of nitrogens with one attached hydrogen (secondary N) is 1. The topological polar surface area (TPSA) is 32.3 Å². The van der Waals surface area contributed by atoms with E-state index in [1.807, 2.05) is 24.3 Å². The monoisotopic (exact) mass is 288 g/mol.